The number of anilines is 1. The Bertz CT molecular complexity index is 1290. The number of rotatable bonds is 6. The number of benzene rings is 3. The zero-order chi connectivity index (χ0) is 23.5. The monoisotopic (exact) mass is 526 g/mol. The van der Waals surface area contributed by atoms with Crippen molar-refractivity contribution in [3.8, 4) is 5.75 Å². The predicted octanol–water partition coefficient (Wildman–Crippen LogP) is 5.48. The molecule has 33 heavy (non-hydrogen) atoms. The first-order valence-corrected chi connectivity index (χ1v) is 10.9. The minimum atomic E-state index is -0.984. The second kappa shape index (κ2) is 9.48. The molecule has 9 heteroatoms. The van der Waals surface area contributed by atoms with Crippen LogP contribution >= 0.6 is 27.5 Å². The summed E-state index contributed by atoms with van der Waals surface area (Å²) in [6, 6.07) is 17.6. The van der Waals surface area contributed by atoms with Crippen molar-refractivity contribution in [2.75, 3.05) is 4.90 Å². The van der Waals surface area contributed by atoms with Crippen LogP contribution in [0.25, 0.3) is 6.08 Å². The number of halogens is 2. The van der Waals surface area contributed by atoms with E-state index in [1.807, 2.05) is 0 Å². The first-order chi connectivity index (χ1) is 15.8. The highest BCUT2D eigenvalue weighted by molar-refractivity contribution is 9.10. The second-order valence-corrected chi connectivity index (χ2v) is 8.38. The van der Waals surface area contributed by atoms with E-state index in [0.717, 1.165) is 10.5 Å². The number of carbonyl (C=O) groups is 3. The van der Waals surface area contributed by atoms with Crippen LogP contribution in [-0.4, -0.2) is 23.0 Å². The van der Waals surface area contributed by atoms with Gasteiger partial charge in [0.25, 0.3) is 5.91 Å². The molecule has 3 aromatic rings. The van der Waals surface area contributed by atoms with Gasteiger partial charge in [0.2, 0.25) is 0 Å². The van der Waals surface area contributed by atoms with Crippen LogP contribution in [0.5, 0.6) is 5.75 Å². The first kappa shape index (κ1) is 22.6. The van der Waals surface area contributed by atoms with Gasteiger partial charge in [-0.15, -0.1) is 0 Å². The minimum absolute atomic E-state index is 0.138. The molecule has 1 aliphatic heterocycles. The molecular formula is C24H16BrClN2O5. The smallest absolute Gasteiger partial charge is 0.335 e. The lowest BCUT2D eigenvalue weighted by molar-refractivity contribution is -0.113. The lowest BCUT2D eigenvalue weighted by Gasteiger charge is -2.11. The van der Waals surface area contributed by atoms with Crippen molar-refractivity contribution in [1.29, 1.82) is 0 Å². The highest BCUT2D eigenvalue weighted by atomic mass is 79.9. The Morgan fingerprint density at radius 1 is 1.09 bits per heavy atom. The number of hydrogen-bond acceptors (Lipinski definition) is 4. The molecule has 1 heterocycles. The summed E-state index contributed by atoms with van der Waals surface area (Å²) < 4.78 is 6.46. The molecule has 0 atom stereocenters. The fourth-order valence-corrected chi connectivity index (χ4v) is 3.88. The number of nitrogens with one attached hydrogen (secondary N) is 1. The number of hydrogen-bond donors (Lipinski definition) is 2. The molecule has 1 aliphatic rings. The van der Waals surface area contributed by atoms with Gasteiger partial charge in [0.15, 0.2) is 0 Å². The van der Waals surface area contributed by atoms with Crippen LogP contribution < -0.4 is 15.0 Å². The quantitative estimate of drug-likeness (QED) is 0.327. The number of nitrogens with zero attached hydrogens (tertiary/aromatic N) is 1. The van der Waals surface area contributed by atoms with Gasteiger partial charge in [-0.25, -0.2) is 14.5 Å². The highest BCUT2D eigenvalue weighted by Crippen LogP contribution is 2.29. The molecule has 0 radical (unpaired) electrons. The van der Waals surface area contributed by atoms with Crippen LogP contribution in [-0.2, 0) is 11.4 Å². The molecular weight excluding hydrogens is 512 g/mol. The third kappa shape index (κ3) is 5.08. The van der Waals surface area contributed by atoms with E-state index in [2.05, 4.69) is 21.2 Å². The van der Waals surface area contributed by atoms with Crippen molar-refractivity contribution in [1.82, 2.24) is 5.32 Å². The van der Waals surface area contributed by atoms with E-state index in [1.165, 1.54) is 12.1 Å². The zero-order valence-electron chi connectivity index (χ0n) is 16.9. The van der Waals surface area contributed by atoms with Gasteiger partial charge in [-0.05, 0) is 75.6 Å². The van der Waals surface area contributed by atoms with E-state index in [1.54, 1.807) is 60.7 Å². The maximum atomic E-state index is 12.8. The van der Waals surface area contributed by atoms with E-state index >= 15 is 0 Å². The first-order valence-electron chi connectivity index (χ1n) is 9.69. The largest absolute Gasteiger partial charge is 0.488 e. The van der Waals surface area contributed by atoms with E-state index in [4.69, 9.17) is 21.4 Å². The molecule has 0 aliphatic carbocycles. The summed E-state index contributed by atoms with van der Waals surface area (Å²) in [4.78, 5) is 37.1. The van der Waals surface area contributed by atoms with Crippen molar-refractivity contribution >= 4 is 57.2 Å². The molecule has 3 aromatic carbocycles. The van der Waals surface area contributed by atoms with Gasteiger partial charge in [0.05, 0.1) is 15.7 Å². The fraction of sp³-hybridized carbons (Fsp3) is 0.0417. The number of imide groups is 1. The number of carboxylic acids is 1. The van der Waals surface area contributed by atoms with Crippen molar-refractivity contribution in [2.45, 2.75) is 6.61 Å². The summed E-state index contributed by atoms with van der Waals surface area (Å²) in [5.74, 6) is -0.895. The summed E-state index contributed by atoms with van der Waals surface area (Å²) in [6.07, 6.45) is 1.57. The number of ether oxygens (including phenoxy) is 1. The SMILES string of the molecule is O=C(O)c1ccc(COc2ccc(/C=C3\NC(=O)N(c4cccc(Cl)c4)C3=O)cc2Br)cc1. The summed E-state index contributed by atoms with van der Waals surface area (Å²) in [5, 5.41) is 12.0. The molecule has 0 spiro atoms. The molecule has 4 rings (SSSR count). The maximum Gasteiger partial charge on any atom is 0.335 e. The van der Waals surface area contributed by atoms with E-state index in [0.29, 0.717) is 26.5 Å². The van der Waals surface area contributed by atoms with Crippen LogP contribution in [0, 0.1) is 0 Å². The van der Waals surface area contributed by atoms with Crippen molar-refractivity contribution in [2.24, 2.45) is 0 Å². The van der Waals surface area contributed by atoms with Crippen LogP contribution in [0.2, 0.25) is 5.02 Å². The Balaban J connectivity index is 1.47. The van der Waals surface area contributed by atoms with Crippen LogP contribution in [0.4, 0.5) is 10.5 Å². The Labute approximate surface area is 202 Å². The Morgan fingerprint density at radius 3 is 2.52 bits per heavy atom. The molecule has 0 saturated carbocycles. The Hall–Kier alpha value is -3.62. The topological polar surface area (TPSA) is 95.9 Å². The summed E-state index contributed by atoms with van der Waals surface area (Å²) in [7, 11) is 0. The number of carboxylic acid groups (broad SMARTS) is 1. The Morgan fingerprint density at radius 2 is 1.85 bits per heavy atom. The van der Waals surface area contributed by atoms with Crippen molar-refractivity contribution in [3.05, 3.63) is 98.6 Å². The molecule has 1 fully saturated rings. The minimum Gasteiger partial charge on any atom is -0.488 e. The summed E-state index contributed by atoms with van der Waals surface area (Å²) >= 11 is 9.43. The van der Waals surface area contributed by atoms with Crippen molar-refractivity contribution in [3.63, 3.8) is 0 Å². The van der Waals surface area contributed by atoms with Gasteiger partial charge in [0.1, 0.15) is 18.1 Å². The average Bonchev–Trinajstić information content (AvgIpc) is 3.06. The van der Waals surface area contributed by atoms with Gasteiger partial charge in [-0.3, -0.25) is 4.79 Å². The van der Waals surface area contributed by atoms with Gasteiger partial charge >= 0.3 is 12.0 Å². The molecule has 0 unspecified atom stereocenters. The predicted molar refractivity (Wildman–Crippen MR) is 127 cm³/mol. The number of aromatic carboxylic acids is 1. The van der Waals surface area contributed by atoms with E-state index in [9.17, 15) is 14.4 Å². The Kier molecular flexibility index (Phi) is 6.48. The van der Waals surface area contributed by atoms with Crippen molar-refractivity contribution < 1.29 is 24.2 Å². The zero-order valence-corrected chi connectivity index (χ0v) is 19.3. The number of amides is 3. The van der Waals surface area contributed by atoms with Gasteiger partial charge in [-0.2, -0.15) is 0 Å². The molecule has 1 saturated heterocycles. The molecule has 2 N–H and O–H groups in total. The van der Waals surface area contributed by atoms with E-state index in [-0.39, 0.29) is 17.9 Å². The van der Waals surface area contributed by atoms with Gasteiger partial charge in [-0.1, -0.05) is 35.9 Å². The molecule has 3 amide bonds. The van der Waals surface area contributed by atoms with E-state index < -0.39 is 17.9 Å². The van der Waals surface area contributed by atoms with Crippen LogP contribution in [0.3, 0.4) is 0 Å². The number of urea groups is 1. The normalized spacial score (nSPS) is 14.5. The molecule has 0 aromatic heterocycles. The number of carbonyl (C=O) groups excluding carboxylic acids is 2. The van der Waals surface area contributed by atoms with Crippen LogP contribution in [0.15, 0.2) is 76.9 Å². The lowest BCUT2D eigenvalue weighted by Crippen LogP contribution is -2.30. The maximum absolute atomic E-state index is 12.8. The summed E-state index contributed by atoms with van der Waals surface area (Å²) in [6.45, 7) is 0.252. The summed E-state index contributed by atoms with van der Waals surface area (Å²) in [5.41, 5.74) is 2.23. The average molecular weight is 528 g/mol. The lowest BCUT2D eigenvalue weighted by atomic mass is 10.1. The molecule has 166 valence electrons. The molecule has 7 nitrogen and oxygen atoms in total. The van der Waals surface area contributed by atoms with Crippen LogP contribution in [0.1, 0.15) is 21.5 Å². The standard InChI is InChI=1S/C24H16BrClN2O5/c25-19-10-15(6-9-21(19)33-13-14-4-7-16(8-5-14)23(30)31)11-20-22(29)28(24(32)27-20)18-3-1-2-17(26)12-18/h1-12H,13H2,(H,27,32)(H,30,31)/b20-11-. The third-order valence-electron chi connectivity index (χ3n) is 4.81. The fourth-order valence-electron chi connectivity index (χ4n) is 3.18. The van der Waals surface area contributed by atoms with Gasteiger partial charge in [0, 0.05) is 5.02 Å². The highest BCUT2D eigenvalue weighted by Gasteiger charge is 2.34. The van der Waals surface area contributed by atoms with Gasteiger partial charge < -0.3 is 15.2 Å². The third-order valence-corrected chi connectivity index (χ3v) is 5.66. The second-order valence-electron chi connectivity index (χ2n) is 7.09. The molecule has 0 bridgehead atoms.